The van der Waals surface area contributed by atoms with E-state index in [2.05, 4.69) is 20.6 Å². The zero-order valence-corrected chi connectivity index (χ0v) is 11.8. The summed E-state index contributed by atoms with van der Waals surface area (Å²) < 4.78 is 0. The van der Waals surface area contributed by atoms with Gasteiger partial charge in [-0.1, -0.05) is 0 Å². The van der Waals surface area contributed by atoms with Crippen LogP contribution in [0.2, 0.25) is 0 Å². The van der Waals surface area contributed by atoms with Gasteiger partial charge in [0.2, 0.25) is 5.95 Å². The monoisotopic (exact) mass is 312 g/mol. The van der Waals surface area contributed by atoms with Crippen molar-refractivity contribution >= 4 is 48.1 Å². The summed E-state index contributed by atoms with van der Waals surface area (Å²) in [7, 11) is 0. The molecule has 10 heteroatoms. The van der Waals surface area contributed by atoms with Crippen molar-refractivity contribution < 1.29 is 10.2 Å². The largest absolute Gasteiger partial charge is 0.391 e. The van der Waals surface area contributed by atoms with Crippen molar-refractivity contribution in [3.8, 4) is 0 Å². The number of anilines is 4. The third-order valence-corrected chi connectivity index (χ3v) is 2.68. The third kappa shape index (κ3) is 3.63. The molecule has 0 fully saturated rings. The molecule has 0 amide bonds. The second-order valence-corrected chi connectivity index (χ2v) is 4.05. The maximum atomic E-state index is 9.76. The number of fused-ring (bicyclic) bond motifs is 1. The van der Waals surface area contributed by atoms with Gasteiger partial charge in [0.1, 0.15) is 11.8 Å². The molecule has 0 radical (unpaired) electrons. The average molecular weight is 313 g/mol. The van der Waals surface area contributed by atoms with Crippen LogP contribution in [0.4, 0.5) is 23.3 Å². The molecule has 0 saturated heterocycles. The minimum atomic E-state index is -0.910. The number of aliphatic hydroxyl groups excluding tert-OH is 2. The van der Waals surface area contributed by atoms with Gasteiger partial charge in [-0.05, 0) is 6.92 Å². The summed E-state index contributed by atoms with van der Waals surface area (Å²) in [6.45, 7) is 1.93. The topological polar surface area (TPSA) is 142 Å². The van der Waals surface area contributed by atoms with Gasteiger partial charge in [-0.3, -0.25) is 0 Å². The smallest absolute Gasteiger partial charge is 0.224 e. The van der Waals surface area contributed by atoms with Gasteiger partial charge in [-0.25, -0.2) is 0 Å². The van der Waals surface area contributed by atoms with Crippen LogP contribution < -0.4 is 22.1 Å². The summed E-state index contributed by atoms with van der Waals surface area (Å²) in [6, 6.07) is -0.364. The highest BCUT2D eigenvalue weighted by atomic mass is 35.5. The van der Waals surface area contributed by atoms with E-state index in [1.165, 1.54) is 6.92 Å². The van der Waals surface area contributed by atoms with Gasteiger partial charge in [0, 0.05) is 6.54 Å². The SMILES string of the molecule is C[C@H](O)[C@H](O)[C@H]1CNc2nc(N)nc(N)c2N1.Cl.Cl. The van der Waals surface area contributed by atoms with Gasteiger partial charge in [0.15, 0.2) is 11.6 Å². The average Bonchev–Trinajstić information content (AvgIpc) is 2.27. The summed E-state index contributed by atoms with van der Waals surface area (Å²) >= 11 is 0. The highest BCUT2D eigenvalue weighted by Crippen LogP contribution is 2.30. The summed E-state index contributed by atoms with van der Waals surface area (Å²) in [5, 5.41) is 25.1. The molecule has 2 rings (SSSR count). The molecule has 0 unspecified atom stereocenters. The first-order valence-corrected chi connectivity index (χ1v) is 5.28. The van der Waals surface area contributed by atoms with Crippen molar-refractivity contribution in [2.45, 2.75) is 25.2 Å². The molecule has 1 aliphatic heterocycles. The zero-order valence-electron chi connectivity index (χ0n) is 10.2. The number of nitrogens with one attached hydrogen (secondary N) is 2. The van der Waals surface area contributed by atoms with Crippen LogP contribution in [-0.4, -0.2) is 45.0 Å². The Bertz CT molecular complexity index is 433. The van der Waals surface area contributed by atoms with Crippen LogP contribution in [0.1, 0.15) is 6.92 Å². The molecule has 110 valence electrons. The first kappa shape index (κ1) is 17.8. The lowest BCUT2D eigenvalue weighted by Crippen LogP contribution is -2.47. The van der Waals surface area contributed by atoms with E-state index < -0.39 is 12.2 Å². The van der Waals surface area contributed by atoms with Gasteiger partial charge < -0.3 is 32.3 Å². The van der Waals surface area contributed by atoms with Gasteiger partial charge in [-0.2, -0.15) is 9.97 Å². The molecule has 2 heterocycles. The number of aliphatic hydroxyl groups is 2. The molecule has 1 aliphatic rings. The van der Waals surface area contributed by atoms with E-state index in [4.69, 9.17) is 11.5 Å². The van der Waals surface area contributed by atoms with Crippen molar-refractivity contribution in [3.63, 3.8) is 0 Å². The molecule has 1 aromatic heterocycles. The molecule has 0 aliphatic carbocycles. The quantitative estimate of drug-likeness (QED) is 0.426. The number of hydrogen-bond donors (Lipinski definition) is 6. The molecular weight excluding hydrogens is 295 g/mol. The lowest BCUT2D eigenvalue weighted by atomic mass is 10.0. The van der Waals surface area contributed by atoms with E-state index >= 15 is 0 Å². The van der Waals surface area contributed by atoms with Gasteiger partial charge >= 0.3 is 0 Å². The Morgan fingerprint density at radius 1 is 1.26 bits per heavy atom. The van der Waals surface area contributed by atoms with Gasteiger partial charge in [-0.15, -0.1) is 24.8 Å². The fraction of sp³-hybridized carbons (Fsp3) is 0.556. The predicted octanol–water partition coefficient (Wildman–Crippen LogP) is -0.568. The highest BCUT2D eigenvalue weighted by Gasteiger charge is 2.29. The number of aromatic nitrogens is 2. The molecule has 3 atom stereocenters. The summed E-state index contributed by atoms with van der Waals surface area (Å²) in [5.41, 5.74) is 11.7. The Labute approximate surface area is 122 Å². The predicted molar refractivity (Wildman–Crippen MR) is 78.9 cm³/mol. The van der Waals surface area contributed by atoms with Crippen LogP contribution in [0.15, 0.2) is 0 Å². The van der Waals surface area contributed by atoms with Crippen molar-refractivity contribution in [2.24, 2.45) is 0 Å². The van der Waals surface area contributed by atoms with Crippen molar-refractivity contribution in [2.75, 3.05) is 28.6 Å². The zero-order chi connectivity index (χ0) is 12.6. The number of nitrogens with two attached hydrogens (primary N) is 2. The minimum Gasteiger partial charge on any atom is -0.391 e. The third-order valence-electron chi connectivity index (χ3n) is 2.68. The van der Waals surface area contributed by atoms with E-state index in [9.17, 15) is 10.2 Å². The van der Waals surface area contributed by atoms with Gasteiger partial charge in [0.05, 0.1) is 12.1 Å². The second kappa shape index (κ2) is 6.80. The number of rotatable bonds is 2. The summed E-state index contributed by atoms with van der Waals surface area (Å²) in [5.74, 6) is 0.802. The van der Waals surface area contributed by atoms with Crippen molar-refractivity contribution in [1.82, 2.24) is 9.97 Å². The molecule has 19 heavy (non-hydrogen) atoms. The second-order valence-electron chi connectivity index (χ2n) is 4.05. The Balaban J connectivity index is 0.00000162. The lowest BCUT2D eigenvalue weighted by Gasteiger charge is -2.32. The van der Waals surface area contributed by atoms with E-state index in [1.807, 2.05) is 0 Å². The first-order chi connectivity index (χ1) is 7.99. The van der Waals surface area contributed by atoms with Crippen LogP contribution in [0.5, 0.6) is 0 Å². The highest BCUT2D eigenvalue weighted by molar-refractivity contribution is 5.85. The van der Waals surface area contributed by atoms with E-state index in [0.717, 1.165) is 0 Å². The van der Waals surface area contributed by atoms with Gasteiger partial charge in [0.25, 0.3) is 0 Å². The summed E-state index contributed by atoms with van der Waals surface area (Å²) in [4.78, 5) is 7.81. The molecule has 1 aromatic rings. The van der Waals surface area contributed by atoms with Crippen LogP contribution in [-0.2, 0) is 0 Å². The normalized spacial score (nSPS) is 19.6. The molecule has 0 bridgehead atoms. The molecular formula is C9H18Cl2N6O2. The van der Waals surface area contributed by atoms with E-state index in [1.54, 1.807) is 0 Å². The number of hydrogen-bond acceptors (Lipinski definition) is 8. The number of nitrogens with zero attached hydrogens (tertiary/aromatic N) is 2. The minimum absolute atomic E-state index is 0. The van der Waals surface area contributed by atoms with Crippen LogP contribution in [0.25, 0.3) is 0 Å². The van der Waals surface area contributed by atoms with Crippen LogP contribution in [0, 0.1) is 0 Å². The number of halogens is 2. The Morgan fingerprint density at radius 3 is 2.47 bits per heavy atom. The van der Waals surface area contributed by atoms with Crippen LogP contribution in [0.3, 0.4) is 0 Å². The molecule has 0 spiro atoms. The molecule has 0 aromatic carbocycles. The summed E-state index contributed by atoms with van der Waals surface area (Å²) in [6.07, 6.45) is -1.75. The maximum Gasteiger partial charge on any atom is 0.224 e. The molecule has 0 saturated carbocycles. The van der Waals surface area contributed by atoms with E-state index in [-0.39, 0.29) is 42.6 Å². The maximum absolute atomic E-state index is 9.76. The number of nitrogen functional groups attached to an aromatic ring is 2. The Kier molecular flexibility index (Phi) is 6.37. The fourth-order valence-electron chi connectivity index (χ4n) is 1.75. The molecule has 8 nitrogen and oxygen atoms in total. The Hall–Kier alpha value is -1.22. The molecule has 8 N–H and O–H groups in total. The van der Waals surface area contributed by atoms with E-state index in [0.29, 0.717) is 18.1 Å². The standard InChI is InChI=1S/C9H16N6O2.2ClH/c1-3(16)6(17)4-2-12-8-5(13-4)7(10)14-9(11)15-8;;/h3-4,6,13,16-17H,2H2,1H3,(H5,10,11,12,14,15);2*1H/t3-,4+,6-;;/m0../s1. The lowest BCUT2D eigenvalue weighted by molar-refractivity contribution is 0.0214. The first-order valence-electron chi connectivity index (χ1n) is 5.28. The van der Waals surface area contributed by atoms with Crippen molar-refractivity contribution in [3.05, 3.63) is 0 Å². The van der Waals surface area contributed by atoms with Crippen molar-refractivity contribution in [1.29, 1.82) is 0 Å². The fourth-order valence-corrected chi connectivity index (χ4v) is 1.75. The Morgan fingerprint density at radius 2 is 1.89 bits per heavy atom. The van der Waals surface area contributed by atoms with Crippen LogP contribution >= 0.6 is 24.8 Å².